The number of carbonyl (C=O) groups is 2. The molecule has 3 rings (SSSR count). The molecule has 0 spiro atoms. The quantitative estimate of drug-likeness (QED) is 0.463. The first-order valence-corrected chi connectivity index (χ1v) is 11.3. The van der Waals surface area contributed by atoms with E-state index < -0.39 is 6.04 Å². The highest BCUT2D eigenvalue weighted by Crippen LogP contribution is 2.21. The Bertz CT molecular complexity index is 1020. The lowest BCUT2D eigenvalue weighted by Crippen LogP contribution is -2.50. The van der Waals surface area contributed by atoms with Gasteiger partial charge in [-0.2, -0.15) is 0 Å². The summed E-state index contributed by atoms with van der Waals surface area (Å²) in [7, 11) is 0. The Morgan fingerprint density at radius 1 is 1.06 bits per heavy atom. The summed E-state index contributed by atoms with van der Waals surface area (Å²) >= 11 is 1.35. The molecule has 2 atom stereocenters. The number of rotatable bonds is 9. The number of amides is 2. The van der Waals surface area contributed by atoms with Gasteiger partial charge < -0.3 is 16.0 Å². The van der Waals surface area contributed by atoms with Gasteiger partial charge in [0.25, 0.3) is 5.91 Å². The monoisotopic (exact) mass is 436 g/mol. The first kappa shape index (κ1) is 22.5. The van der Waals surface area contributed by atoms with Crippen LogP contribution < -0.4 is 16.0 Å². The summed E-state index contributed by atoms with van der Waals surface area (Å²) < 4.78 is 0. The zero-order valence-electron chi connectivity index (χ0n) is 18.0. The van der Waals surface area contributed by atoms with Gasteiger partial charge in [0, 0.05) is 23.5 Å². The van der Waals surface area contributed by atoms with E-state index in [0.717, 1.165) is 23.2 Å². The molecule has 0 unspecified atom stereocenters. The highest BCUT2D eigenvalue weighted by Gasteiger charge is 2.24. The Labute approximate surface area is 187 Å². The van der Waals surface area contributed by atoms with Crippen LogP contribution >= 0.6 is 11.3 Å². The Morgan fingerprint density at radius 3 is 2.55 bits per heavy atom. The van der Waals surface area contributed by atoms with Gasteiger partial charge in [-0.15, -0.1) is 11.3 Å². The lowest BCUT2D eigenvalue weighted by atomic mass is 10.0. The minimum Gasteiger partial charge on any atom is -0.352 e. The summed E-state index contributed by atoms with van der Waals surface area (Å²) in [5.74, 6) is -0.561. The lowest BCUT2D eigenvalue weighted by Gasteiger charge is -2.20. The zero-order valence-corrected chi connectivity index (χ0v) is 18.8. The molecule has 1 heterocycles. The number of carbonyl (C=O) groups excluding carboxylic acids is 2. The van der Waals surface area contributed by atoms with Crippen LogP contribution in [0.25, 0.3) is 0 Å². The van der Waals surface area contributed by atoms with Gasteiger partial charge in [0.15, 0.2) is 5.13 Å². The molecule has 6 nitrogen and oxygen atoms in total. The number of nitrogens with one attached hydrogen (secondary N) is 3. The molecular formula is C24H28N4O2S. The smallest absolute Gasteiger partial charge is 0.271 e. The van der Waals surface area contributed by atoms with Crippen LogP contribution in [0.1, 0.15) is 41.9 Å². The van der Waals surface area contributed by atoms with Gasteiger partial charge in [-0.3, -0.25) is 9.59 Å². The van der Waals surface area contributed by atoms with E-state index in [0.29, 0.717) is 11.6 Å². The average Bonchev–Trinajstić information content (AvgIpc) is 3.22. The maximum absolute atomic E-state index is 12.9. The molecule has 0 aliphatic rings. The summed E-state index contributed by atoms with van der Waals surface area (Å²) in [6, 6.07) is 16.9. The van der Waals surface area contributed by atoms with Crippen molar-refractivity contribution >= 4 is 34.0 Å². The fraction of sp³-hybridized carbons (Fsp3) is 0.292. The molecule has 1 aromatic heterocycles. The molecule has 0 saturated heterocycles. The number of anilines is 2. The molecule has 7 heteroatoms. The van der Waals surface area contributed by atoms with Crippen LogP contribution in [0.2, 0.25) is 0 Å². The fourth-order valence-corrected chi connectivity index (χ4v) is 3.73. The molecule has 0 saturated carbocycles. The van der Waals surface area contributed by atoms with Crippen LogP contribution in [-0.2, 0) is 11.2 Å². The Hall–Kier alpha value is -3.19. The largest absolute Gasteiger partial charge is 0.352 e. The van der Waals surface area contributed by atoms with Gasteiger partial charge in [-0.25, -0.2) is 4.98 Å². The van der Waals surface area contributed by atoms with Crippen LogP contribution in [0.3, 0.4) is 0 Å². The maximum Gasteiger partial charge on any atom is 0.271 e. The van der Waals surface area contributed by atoms with Crippen molar-refractivity contribution in [1.29, 1.82) is 0 Å². The zero-order chi connectivity index (χ0) is 22.2. The molecule has 162 valence electrons. The minimum atomic E-state index is -0.682. The van der Waals surface area contributed by atoms with Gasteiger partial charge >= 0.3 is 0 Å². The van der Waals surface area contributed by atoms with Gasteiger partial charge in [0.2, 0.25) is 5.91 Å². The van der Waals surface area contributed by atoms with Crippen molar-refractivity contribution in [3.8, 4) is 0 Å². The molecule has 0 aliphatic heterocycles. The van der Waals surface area contributed by atoms with E-state index in [2.05, 4.69) is 20.9 Å². The Kier molecular flexibility index (Phi) is 7.78. The van der Waals surface area contributed by atoms with Crippen molar-refractivity contribution in [1.82, 2.24) is 15.6 Å². The third-order valence-electron chi connectivity index (χ3n) is 4.91. The first-order valence-electron chi connectivity index (χ1n) is 10.4. The van der Waals surface area contributed by atoms with E-state index >= 15 is 0 Å². The first-order chi connectivity index (χ1) is 14.9. The maximum atomic E-state index is 12.9. The molecule has 3 N–H and O–H groups in total. The van der Waals surface area contributed by atoms with Crippen LogP contribution in [-0.4, -0.2) is 28.9 Å². The van der Waals surface area contributed by atoms with Crippen molar-refractivity contribution in [3.63, 3.8) is 0 Å². The van der Waals surface area contributed by atoms with Crippen molar-refractivity contribution in [3.05, 3.63) is 76.8 Å². The number of thiazole rings is 1. The SMILES string of the molecule is CC[C@@H](C)NC(=O)[C@@H](Cc1ccccc1)NC(=O)c1csc(Nc2cccc(C)c2)n1. The second kappa shape index (κ2) is 10.7. The molecular weight excluding hydrogens is 408 g/mol. The van der Waals surface area contributed by atoms with Crippen LogP contribution in [0.5, 0.6) is 0 Å². The molecule has 0 bridgehead atoms. The van der Waals surface area contributed by atoms with E-state index in [1.165, 1.54) is 11.3 Å². The summed E-state index contributed by atoms with van der Waals surface area (Å²) in [5.41, 5.74) is 3.31. The number of aromatic nitrogens is 1. The highest BCUT2D eigenvalue weighted by atomic mass is 32.1. The molecule has 3 aromatic rings. The number of aryl methyl sites for hydroxylation is 1. The van der Waals surface area contributed by atoms with E-state index in [1.807, 2.05) is 75.4 Å². The summed E-state index contributed by atoms with van der Waals surface area (Å²) in [5, 5.41) is 11.4. The van der Waals surface area contributed by atoms with Crippen molar-refractivity contribution < 1.29 is 9.59 Å². The second-order valence-corrected chi connectivity index (χ2v) is 8.42. The van der Waals surface area contributed by atoms with Crippen molar-refractivity contribution in [2.45, 2.75) is 45.7 Å². The molecule has 2 amide bonds. The van der Waals surface area contributed by atoms with Crippen LogP contribution in [0.4, 0.5) is 10.8 Å². The number of hydrogen-bond acceptors (Lipinski definition) is 5. The van der Waals surface area contributed by atoms with Gasteiger partial charge in [0.05, 0.1) is 0 Å². The summed E-state index contributed by atoms with van der Waals surface area (Å²) in [4.78, 5) is 30.1. The van der Waals surface area contributed by atoms with Crippen LogP contribution in [0.15, 0.2) is 60.0 Å². The summed E-state index contributed by atoms with van der Waals surface area (Å²) in [6.07, 6.45) is 1.23. The second-order valence-electron chi connectivity index (χ2n) is 7.57. The third kappa shape index (κ3) is 6.65. The molecule has 0 fully saturated rings. The van der Waals surface area contributed by atoms with Gasteiger partial charge in [-0.05, 0) is 43.5 Å². The number of nitrogens with zero attached hydrogens (tertiary/aromatic N) is 1. The predicted molar refractivity (Wildman–Crippen MR) is 126 cm³/mol. The van der Waals surface area contributed by atoms with Crippen molar-refractivity contribution in [2.24, 2.45) is 0 Å². The molecule has 2 aromatic carbocycles. The Balaban J connectivity index is 1.70. The summed E-state index contributed by atoms with van der Waals surface area (Å²) in [6.45, 7) is 5.97. The lowest BCUT2D eigenvalue weighted by molar-refractivity contribution is -0.123. The third-order valence-corrected chi connectivity index (χ3v) is 5.67. The molecule has 31 heavy (non-hydrogen) atoms. The number of hydrogen-bond donors (Lipinski definition) is 3. The van der Waals surface area contributed by atoms with E-state index in [9.17, 15) is 9.59 Å². The highest BCUT2D eigenvalue weighted by molar-refractivity contribution is 7.14. The topological polar surface area (TPSA) is 83.1 Å². The standard InChI is InChI=1S/C24H28N4O2S/c1-4-17(3)25-22(29)20(14-18-10-6-5-7-11-18)27-23(30)21-15-31-24(28-21)26-19-12-8-9-16(2)13-19/h5-13,15,17,20H,4,14H2,1-3H3,(H,25,29)(H,26,28)(H,27,30)/t17-,20-/m1/s1. The normalized spacial score (nSPS) is 12.6. The minimum absolute atomic E-state index is 0.0343. The van der Waals surface area contributed by atoms with Gasteiger partial charge in [-0.1, -0.05) is 49.4 Å². The van der Waals surface area contributed by atoms with Crippen LogP contribution in [0, 0.1) is 6.92 Å². The number of benzene rings is 2. The predicted octanol–water partition coefficient (Wildman–Crippen LogP) is 4.45. The van der Waals surface area contributed by atoms with E-state index in [-0.39, 0.29) is 23.6 Å². The van der Waals surface area contributed by atoms with E-state index in [4.69, 9.17) is 0 Å². The van der Waals surface area contributed by atoms with E-state index in [1.54, 1.807) is 5.38 Å². The van der Waals surface area contributed by atoms with Gasteiger partial charge in [0.1, 0.15) is 11.7 Å². The molecule has 0 aliphatic carbocycles. The fourth-order valence-electron chi connectivity index (χ4n) is 3.02. The average molecular weight is 437 g/mol. The molecule has 0 radical (unpaired) electrons. The van der Waals surface area contributed by atoms with Crippen molar-refractivity contribution in [2.75, 3.05) is 5.32 Å². The Morgan fingerprint density at radius 2 is 1.84 bits per heavy atom.